The van der Waals surface area contributed by atoms with E-state index in [0.29, 0.717) is 36.2 Å². The molecule has 154 valence electrons. The summed E-state index contributed by atoms with van der Waals surface area (Å²) in [7, 11) is 1.58. The first-order valence-electron chi connectivity index (χ1n) is 9.40. The summed E-state index contributed by atoms with van der Waals surface area (Å²) in [6.07, 6.45) is 0.257. The molecule has 1 saturated heterocycles. The number of rotatable bonds is 7. The smallest absolute Gasteiger partial charge is 0.315 e. The highest BCUT2D eigenvalue weighted by molar-refractivity contribution is 6.30. The number of nitrogens with one attached hydrogen (secondary N) is 2. The fourth-order valence-electron chi connectivity index (χ4n) is 3.19. The molecule has 7 nitrogen and oxygen atoms in total. The van der Waals surface area contributed by atoms with Crippen LogP contribution in [0.1, 0.15) is 18.9 Å². The number of urea groups is 1. The van der Waals surface area contributed by atoms with Gasteiger partial charge in [-0.1, -0.05) is 17.7 Å². The van der Waals surface area contributed by atoms with Crippen molar-refractivity contribution in [3.05, 3.63) is 53.1 Å². The van der Waals surface area contributed by atoms with Crippen molar-refractivity contribution in [2.45, 2.75) is 25.9 Å². The zero-order valence-corrected chi connectivity index (χ0v) is 17.2. The van der Waals surface area contributed by atoms with Crippen LogP contribution in [0.4, 0.5) is 10.5 Å². The predicted molar refractivity (Wildman–Crippen MR) is 112 cm³/mol. The minimum absolute atomic E-state index is 0.0332. The zero-order valence-electron chi connectivity index (χ0n) is 16.4. The van der Waals surface area contributed by atoms with E-state index in [-0.39, 0.29) is 24.4 Å². The Hall–Kier alpha value is -2.93. The lowest BCUT2D eigenvalue weighted by Gasteiger charge is -2.17. The van der Waals surface area contributed by atoms with Gasteiger partial charge in [-0.3, -0.25) is 4.79 Å². The lowest BCUT2D eigenvalue weighted by atomic mass is 10.2. The van der Waals surface area contributed by atoms with Crippen LogP contribution >= 0.6 is 11.6 Å². The van der Waals surface area contributed by atoms with Crippen molar-refractivity contribution >= 4 is 29.2 Å². The van der Waals surface area contributed by atoms with Gasteiger partial charge < -0.3 is 25.0 Å². The van der Waals surface area contributed by atoms with Gasteiger partial charge in [0.2, 0.25) is 5.91 Å². The number of methoxy groups -OCH3 is 1. The van der Waals surface area contributed by atoms with Crippen molar-refractivity contribution in [2.24, 2.45) is 0 Å². The largest absolute Gasteiger partial charge is 0.493 e. The van der Waals surface area contributed by atoms with Crippen LogP contribution in [-0.2, 0) is 11.3 Å². The maximum atomic E-state index is 12.3. The Morgan fingerprint density at radius 2 is 1.97 bits per heavy atom. The van der Waals surface area contributed by atoms with Crippen LogP contribution in [-0.4, -0.2) is 38.2 Å². The van der Waals surface area contributed by atoms with Crippen molar-refractivity contribution in [1.29, 1.82) is 0 Å². The summed E-state index contributed by atoms with van der Waals surface area (Å²) in [5, 5.41) is 6.29. The molecule has 1 aliphatic heterocycles. The molecule has 2 aromatic rings. The van der Waals surface area contributed by atoms with E-state index in [9.17, 15) is 9.59 Å². The van der Waals surface area contributed by atoms with Gasteiger partial charge in [-0.2, -0.15) is 0 Å². The van der Waals surface area contributed by atoms with Crippen molar-refractivity contribution in [1.82, 2.24) is 10.6 Å². The Bertz CT molecular complexity index is 873. The third-order valence-electron chi connectivity index (χ3n) is 4.58. The summed E-state index contributed by atoms with van der Waals surface area (Å²) in [6, 6.07) is 12.0. The second-order valence-corrected chi connectivity index (χ2v) is 7.06. The van der Waals surface area contributed by atoms with Crippen molar-refractivity contribution in [3.8, 4) is 11.5 Å². The molecule has 1 aliphatic rings. The van der Waals surface area contributed by atoms with E-state index < -0.39 is 0 Å². The second-order valence-electron chi connectivity index (χ2n) is 6.63. The van der Waals surface area contributed by atoms with Gasteiger partial charge >= 0.3 is 6.03 Å². The van der Waals surface area contributed by atoms with Gasteiger partial charge in [-0.15, -0.1) is 0 Å². The molecule has 0 radical (unpaired) electrons. The highest BCUT2D eigenvalue weighted by atomic mass is 35.5. The van der Waals surface area contributed by atoms with E-state index in [1.54, 1.807) is 42.3 Å². The molecule has 0 saturated carbocycles. The zero-order chi connectivity index (χ0) is 20.8. The highest BCUT2D eigenvalue weighted by Crippen LogP contribution is 2.28. The molecule has 0 bridgehead atoms. The minimum atomic E-state index is -0.325. The first kappa shape index (κ1) is 20.8. The van der Waals surface area contributed by atoms with Gasteiger partial charge in [0.1, 0.15) is 0 Å². The second kappa shape index (κ2) is 9.52. The van der Waals surface area contributed by atoms with Crippen LogP contribution < -0.4 is 25.0 Å². The SMILES string of the molecule is CCOc1cc(CNC(=O)NC2CC(=O)N(c3ccc(Cl)cc3)C2)ccc1OC. The fraction of sp³-hybridized carbons (Fsp3) is 0.333. The maximum Gasteiger partial charge on any atom is 0.315 e. The third-order valence-corrected chi connectivity index (χ3v) is 4.83. The number of amides is 3. The molecule has 29 heavy (non-hydrogen) atoms. The Labute approximate surface area is 174 Å². The van der Waals surface area contributed by atoms with Gasteiger partial charge in [0.25, 0.3) is 0 Å². The molecule has 0 aliphatic carbocycles. The Balaban J connectivity index is 1.53. The highest BCUT2D eigenvalue weighted by Gasteiger charge is 2.31. The molecule has 2 N–H and O–H groups in total. The molecular weight excluding hydrogens is 394 g/mol. The summed E-state index contributed by atoms with van der Waals surface area (Å²) in [5.74, 6) is 1.25. The number of carbonyl (C=O) groups excluding carboxylic acids is 2. The van der Waals surface area contributed by atoms with E-state index in [1.165, 1.54) is 0 Å². The average Bonchev–Trinajstić information content (AvgIpc) is 3.07. The van der Waals surface area contributed by atoms with Gasteiger partial charge in [-0.05, 0) is 48.9 Å². The number of anilines is 1. The van der Waals surface area contributed by atoms with Gasteiger partial charge in [-0.25, -0.2) is 4.79 Å². The Morgan fingerprint density at radius 3 is 2.66 bits per heavy atom. The Kier molecular flexibility index (Phi) is 6.82. The van der Waals surface area contributed by atoms with Crippen molar-refractivity contribution in [2.75, 3.05) is 25.2 Å². The van der Waals surface area contributed by atoms with Crippen LogP contribution in [0.25, 0.3) is 0 Å². The van der Waals surface area contributed by atoms with Crippen LogP contribution in [0.15, 0.2) is 42.5 Å². The van der Waals surface area contributed by atoms with Gasteiger partial charge in [0, 0.05) is 30.2 Å². The quantitative estimate of drug-likeness (QED) is 0.724. The van der Waals surface area contributed by atoms with Gasteiger partial charge in [0.05, 0.1) is 19.8 Å². The molecular formula is C21H24ClN3O4. The van der Waals surface area contributed by atoms with Crippen LogP contribution in [0.5, 0.6) is 11.5 Å². The standard InChI is InChI=1S/C21H24ClN3O4/c1-3-29-19-10-14(4-9-18(19)28-2)12-23-21(27)24-16-11-20(26)25(13-16)17-7-5-15(22)6-8-17/h4-10,16H,3,11-13H2,1-2H3,(H2,23,24,27). The minimum Gasteiger partial charge on any atom is -0.493 e. The van der Waals surface area contributed by atoms with Crippen LogP contribution in [0.2, 0.25) is 5.02 Å². The van der Waals surface area contributed by atoms with Crippen LogP contribution in [0.3, 0.4) is 0 Å². The first-order chi connectivity index (χ1) is 14.0. The molecule has 3 rings (SSSR count). The maximum absolute atomic E-state index is 12.3. The number of benzene rings is 2. The number of hydrogen-bond donors (Lipinski definition) is 2. The Morgan fingerprint density at radius 1 is 1.21 bits per heavy atom. The molecule has 2 aromatic carbocycles. The van der Waals surface area contributed by atoms with E-state index in [4.69, 9.17) is 21.1 Å². The molecule has 1 heterocycles. The van der Waals surface area contributed by atoms with Crippen LogP contribution in [0, 0.1) is 0 Å². The molecule has 0 spiro atoms. The van der Waals surface area contributed by atoms with E-state index in [2.05, 4.69) is 10.6 Å². The molecule has 1 atom stereocenters. The van der Waals surface area contributed by atoms with E-state index >= 15 is 0 Å². The lowest BCUT2D eigenvalue weighted by Crippen LogP contribution is -2.43. The fourth-order valence-corrected chi connectivity index (χ4v) is 3.32. The topological polar surface area (TPSA) is 79.9 Å². The molecule has 3 amide bonds. The number of halogens is 1. The molecule has 0 aromatic heterocycles. The average molecular weight is 418 g/mol. The molecule has 8 heteroatoms. The van der Waals surface area contributed by atoms with Crippen molar-refractivity contribution in [3.63, 3.8) is 0 Å². The first-order valence-corrected chi connectivity index (χ1v) is 9.78. The number of hydrogen-bond acceptors (Lipinski definition) is 4. The van der Waals surface area contributed by atoms with Crippen molar-refractivity contribution < 1.29 is 19.1 Å². The molecule has 1 unspecified atom stereocenters. The predicted octanol–water partition coefficient (Wildman–Crippen LogP) is 3.35. The molecule has 1 fully saturated rings. The van der Waals surface area contributed by atoms with E-state index in [0.717, 1.165) is 11.3 Å². The normalized spacial score (nSPS) is 15.9. The summed E-state index contributed by atoms with van der Waals surface area (Å²) in [5.41, 5.74) is 1.65. The summed E-state index contributed by atoms with van der Waals surface area (Å²) in [6.45, 7) is 3.17. The lowest BCUT2D eigenvalue weighted by molar-refractivity contribution is -0.117. The summed E-state index contributed by atoms with van der Waals surface area (Å²) in [4.78, 5) is 26.2. The number of carbonyl (C=O) groups is 2. The summed E-state index contributed by atoms with van der Waals surface area (Å²) < 4.78 is 10.8. The number of ether oxygens (including phenoxy) is 2. The van der Waals surface area contributed by atoms with E-state index in [1.807, 2.05) is 19.1 Å². The monoisotopic (exact) mass is 417 g/mol. The summed E-state index contributed by atoms with van der Waals surface area (Å²) >= 11 is 5.90. The third kappa shape index (κ3) is 5.32. The van der Waals surface area contributed by atoms with Gasteiger partial charge in [0.15, 0.2) is 11.5 Å². The number of nitrogens with zero attached hydrogens (tertiary/aromatic N) is 1.